The molecule has 0 radical (unpaired) electrons. The Bertz CT molecular complexity index is 342. The van der Waals surface area contributed by atoms with Gasteiger partial charge in [0.15, 0.2) is 0 Å². The van der Waals surface area contributed by atoms with Crippen LogP contribution in [0.15, 0.2) is 18.2 Å². The van der Waals surface area contributed by atoms with E-state index >= 15 is 0 Å². The maximum atomic E-state index is 3.66. The van der Waals surface area contributed by atoms with E-state index in [1.807, 2.05) is 11.8 Å². The first-order valence-electron chi connectivity index (χ1n) is 6.87. The van der Waals surface area contributed by atoms with Crippen molar-refractivity contribution in [3.05, 3.63) is 34.9 Å². The third-order valence-electron chi connectivity index (χ3n) is 3.65. The number of aryl methyl sites for hydroxylation is 2. The number of hydrogen-bond acceptors (Lipinski definition) is 2. The van der Waals surface area contributed by atoms with Gasteiger partial charge in [0, 0.05) is 6.04 Å². The Morgan fingerprint density at radius 2 is 1.83 bits per heavy atom. The Morgan fingerprint density at radius 3 is 2.33 bits per heavy atom. The first-order valence-corrected chi connectivity index (χ1v) is 8.26. The number of hydrogen-bond donors (Lipinski definition) is 1. The van der Waals surface area contributed by atoms with Gasteiger partial charge in [-0.25, -0.2) is 0 Å². The molecule has 1 aromatic rings. The fourth-order valence-electron chi connectivity index (χ4n) is 2.51. The Kier molecular flexibility index (Phi) is 6.80. The Balaban J connectivity index is 2.82. The maximum absolute atomic E-state index is 3.66. The molecule has 18 heavy (non-hydrogen) atoms. The van der Waals surface area contributed by atoms with Crippen LogP contribution < -0.4 is 5.32 Å². The van der Waals surface area contributed by atoms with Crippen molar-refractivity contribution in [1.82, 2.24) is 5.32 Å². The molecule has 0 saturated heterocycles. The maximum Gasteiger partial charge on any atom is 0.0141 e. The fourth-order valence-corrected chi connectivity index (χ4v) is 3.26. The molecule has 0 aliphatic heterocycles. The van der Waals surface area contributed by atoms with Gasteiger partial charge in [0.1, 0.15) is 0 Å². The van der Waals surface area contributed by atoms with Crippen LogP contribution in [0.1, 0.15) is 30.5 Å². The highest BCUT2D eigenvalue weighted by atomic mass is 32.2. The molecule has 0 aliphatic carbocycles. The summed E-state index contributed by atoms with van der Waals surface area (Å²) in [6.07, 6.45) is 3.34. The van der Waals surface area contributed by atoms with Gasteiger partial charge in [0.2, 0.25) is 0 Å². The van der Waals surface area contributed by atoms with Crippen molar-refractivity contribution in [3.63, 3.8) is 0 Å². The average Bonchev–Trinajstić information content (AvgIpc) is 2.33. The molecule has 2 unspecified atom stereocenters. The van der Waals surface area contributed by atoms with Crippen LogP contribution in [0.5, 0.6) is 0 Å². The summed E-state index contributed by atoms with van der Waals surface area (Å²) in [4.78, 5) is 0. The normalized spacial score (nSPS) is 14.5. The SMILES string of the molecule is CCNC(Cc1c(C)cccc1C)C(C)CSC. The molecule has 0 bridgehead atoms. The van der Waals surface area contributed by atoms with E-state index < -0.39 is 0 Å². The van der Waals surface area contributed by atoms with Crippen molar-refractivity contribution in [2.75, 3.05) is 18.6 Å². The first-order chi connectivity index (χ1) is 8.60. The molecule has 0 amide bonds. The third-order valence-corrected chi connectivity index (χ3v) is 4.51. The number of likely N-dealkylation sites (N-methyl/N-ethyl adjacent to an activating group) is 1. The Hall–Kier alpha value is -0.470. The Labute approximate surface area is 117 Å². The predicted molar refractivity (Wildman–Crippen MR) is 84.6 cm³/mol. The van der Waals surface area contributed by atoms with Gasteiger partial charge in [-0.15, -0.1) is 0 Å². The van der Waals surface area contributed by atoms with Gasteiger partial charge in [-0.3, -0.25) is 0 Å². The summed E-state index contributed by atoms with van der Waals surface area (Å²) in [7, 11) is 0. The molecule has 0 spiro atoms. The highest BCUT2D eigenvalue weighted by molar-refractivity contribution is 7.98. The highest BCUT2D eigenvalue weighted by Gasteiger charge is 2.18. The van der Waals surface area contributed by atoms with Crippen LogP contribution in [0.25, 0.3) is 0 Å². The van der Waals surface area contributed by atoms with Gasteiger partial charge in [0.05, 0.1) is 0 Å². The molecule has 1 N–H and O–H groups in total. The summed E-state index contributed by atoms with van der Waals surface area (Å²) in [5.41, 5.74) is 4.37. The zero-order valence-electron chi connectivity index (χ0n) is 12.4. The fraction of sp³-hybridized carbons (Fsp3) is 0.625. The zero-order chi connectivity index (χ0) is 13.5. The molecule has 102 valence electrons. The van der Waals surface area contributed by atoms with Gasteiger partial charge in [-0.05, 0) is 61.4 Å². The molecule has 1 nitrogen and oxygen atoms in total. The number of rotatable bonds is 7. The average molecular weight is 265 g/mol. The first kappa shape index (κ1) is 15.6. The second-order valence-corrected chi connectivity index (χ2v) is 6.08. The summed E-state index contributed by atoms with van der Waals surface area (Å²) in [6, 6.07) is 7.19. The summed E-state index contributed by atoms with van der Waals surface area (Å²) in [5.74, 6) is 1.93. The van der Waals surface area contributed by atoms with E-state index in [1.54, 1.807) is 0 Å². The lowest BCUT2D eigenvalue weighted by Gasteiger charge is -2.26. The van der Waals surface area contributed by atoms with Crippen molar-refractivity contribution >= 4 is 11.8 Å². The van der Waals surface area contributed by atoms with Gasteiger partial charge < -0.3 is 5.32 Å². The zero-order valence-corrected chi connectivity index (χ0v) is 13.2. The summed E-state index contributed by atoms with van der Waals surface area (Å²) in [5, 5.41) is 3.66. The van der Waals surface area contributed by atoms with E-state index in [4.69, 9.17) is 0 Å². The van der Waals surface area contributed by atoms with Gasteiger partial charge in [-0.1, -0.05) is 32.0 Å². The van der Waals surface area contributed by atoms with Crippen molar-refractivity contribution in [3.8, 4) is 0 Å². The van der Waals surface area contributed by atoms with E-state index in [-0.39, 0.29) is 0 Å². The minimum absolute atomic E-state index is 0.585. The molecule has 0 saturated carbocycles. The molecule has 0 fully saturated rings. The number of nitrogens with one attached hydrogen (secondary N) is 1. The molecular weight excluding hydrogens is 238 g/mol. The standard InChI is InChI=1S/C16H27NS/c1-6-17-16(14(4)11-18-5)10-15-12(2)8-7-9-13(15)3/h7-9,14,16-17H,6,10-11H2,1-5H3. The van der Waals surface area contributed by atoms with Gasteiger partial charge in [0.25, 0.3) is 0 Å². The van der Waals surface area contributed by atoms with E-state index in [9.17, 15) is 0 Å². The molecule has 0 aromatic heterocycles. The topological polar surface area (TPSA) is 12.0 Å². The van der Waals surface area contributed by atoms with Crippen LogP contribution in [0.4, 0.5) is 0 Å². The second-order valence-electron chi connectivity index (χ2n) is 5.17. The highest BCUT2D eigenvalue weighted by Crippen LogP contribution is 2.19. The van der Waals surface area contributed by atoms with Crippen LogP contribution in [-0.4, -0.2) is 24.6 Å². The van der Waals surface area contributed by atoms with E-state index in [0.717, 1.165) is 13.0 Å². The van der Waals surface area contributed by atoms with Crippen LogP contribution in [-0.2, 0) is 6.42 Å². The molecule has 2 heteroatoms. The van der Waals surface area contributed by atoms with E-state index in [1.165, 1.54) is 22.4 Å². The second kappa shape index (κ2) is 7.85. The van der Waals surface area contributed by atoms with Crippen LogP contribution >= 0.6 is 11.8 Å². The molecular formula is C16H27NS. The number of benzene rings is 1. The molecule has 2 atom stereocenters. The lowest BCUT2D eigenvalue weighted by atomic mass is 9.91. The minimum Gasteiger partial charge on any atom is -0.314 e. The van der Waals surface area contributed by atoms with Crippen molar-refractivity contribution in [2.24, 2.45) is 5.92 Å². The van der Waals surface area contributed by atoms with E-state index in [0.29, 0.717) is 12.0 Å². The van der Waals surface area contributed by atoms with Crippen LogP contribution in [0.3, 0.4) is 0 Å². The predicted octanol–water partition coefficient (Wildman–Crippen LogP) is 3.82. The summed E-state index contributed by atoms with van der Waals surface area (Å²) < 4.78 is 0. The molecule has 0 heterocycles. The minimum atomic E-state index is 0.585. The van der Waals surface area contributed by atoms with Crippen LogP contribution in [0, 0.1) is 19.8 Å². The number of thioether (sulfide) groups is 1. The summed E-state index contributed by atoms with van der Waals surface area (Å²) >= 11 is 1.94. The molecule has 1 aromatic carbocycles. The quantitative estimate of drug-likeness (QED) is 0.804. The van der Waals surface area contributed by atoms with Gasteiger partial charge in [-0.2, -0.15) is 11.8 Å². The van der Waals surface area contributed by atoms with E-state index in [2.05, 4.69) is 57.5 Å². The van der Waals surface area contributed by atoms with Crippen molar-refractivity contribution in [1.29, 1.82) is 0 Å². The van der Waals surface area contributed by atoms with Crippen molar-refractivity contribution in [2.45, 2.75) is 40.2 Å². The van der Waals surface area contributed by atoms with Gasteiger partial charge >= 0.3 is 0 Å². The van der Waals surface area contributed by atoms with Crippen molar-refractivity contribution < 1.29 is 0 Å². The lowest BCUT2D eigenvalue weighted by molar-refractivity contribution is 0.409. The monoisotopic (exact) mass is 265 g/mol. The smallest absolute Gasteiger partial charge is 0.0141 e. The largest absolute Gasteiger partial charge is 0.314 e. The van der Waals surface area contributed by atoms with Crippen LogP contribution in [0.2, 0.25) is 0 Å². The summed E-state index contributed by atoms with van der Waals surface area (Å²) in [6.45, 7) is 10.1. The Morgan fingerprint density at radius 1 is 1.22 bits per heavy atom. The molecule has 1 rings (SSSR count). The third kappa shape index (κ3) is 4.33. The molecule has 0 aliphatic rings. The lowest BCUT2D eigenvalue weighted by Crippen LogP contribution is -2.38.